The van der Waals surface area contributed by atoms with Crippen LogP contribution >= 0.6 is 15.9 Å². The molecule has 0 bridgehead atoms. The lowest BCUT2D eigenvalue weighted by Crippen LogP contribution is -2.12. The van der Waals surface area contributed by atoms with Gasteiger partial charge in [-0.15, -0.1) is 0 Å². The first-order valence-corrected chi connectivity index (χ1v) is 6.77. The molecular formula is C12H15BrN2O3. The fourth-order valence-corrected chi connectivity index (χ4v) is 1.89. The van der Waals surface area contributed by atoms with Gasteiger partial charge in [0.15, 0.2) is 0 Å². The maximum Gasteiger partial charge on any atom is 0.269 e. The number of aryl methyl sites for hydroxylation is 1. The highest BCUT2D eigenvalue weighted by atomic mass is 79.9. The summed E-state index contributed by atoms with van der Waals surface area (Å²) >= 11 is 3.30. The lowest BCUT2D eigenvalue weighted by Gasteiger charge is -2.07. The van der Waals surface area contributed by atoms with Crippen LogP contribution in [0.4, 0.5) is 11.4 Å². The fourth-order valence-electron chi connectivity index (χ4n) is 1.49. The smallest absolute Gasteiger partial charge is 0.269 e. The van der Waals surface area contributed by atoms with Crippen molar-refractivity contribution in [2.45, 2.75) is 26.2 Å². The van der Waals surface area contributed by atoms with Gasteiger partial charge in [0.25, 0.3) is 5.69 Å². The molecule has 1 aromatic carbocycles. The van der Waals surface area contributed by atoms with E-state index < -0.39 is 4.92 Å². The van der Waals surface area contributed by atoms with Gasteiger partial charge in [-0.1, -0.05) is 15.9 Å². The molecule has 0 saturated heterocycles. The van der Waals surface area contributed by atoms with E-state index in [1.807, 2.05) is 0 Å². The molecular weight excluding hydrogens is 300 g/mol. The number of hydrogen-bond acceptors (Lipinski definition) is 3. The van der Waals surface area contributed by atoms with E-state index in [-0.39, 0.29) is 11.6 Å². The van der Waals surface area contributed by atoms with E-state index >= 15 is 0 Å². The van der Waals surface area contributed by atoms with Crippen LogP contribution in [-0.4, -0.2) is 16.2 Å². The molecule has 0 spiro atoms. The Morgan fingerprint density at radius 1 is 1.44 bits per heavy atom. The van der Waals surface area contributed by atoms with Gasteiger partial charge < -0.3 is 5.32 Å². The summed E-state index contributed by atoms with van der Waals surface area (Å²) in [5.74, 6) is -0.0621. The van der Waals surface area contributed by atoms with Gasteiger partial charge in [-0.3, -0.25) is 14.9 Å². The highest BCUT2D eigenvalue weighted by molar-refractivity contribution is 9.09. The van der Waals surface area contributed by atoms with Gasteiger partial charge in [0.05, 0.1) is 4.92 Å². The standard InChI is InChI=1S/C12H15BrN2O3/c1-9-8-10(15(17)18)5-6-11(9)14-12(16)4-2-3-7-13/h5-6,8H,2-4,7H2,1H3,(H,14,16). The maximum absolute atomic E-state index is 11.6. The summed E-state index contributed by atoms with van der Waals surface area (Å²) < 4.78 is 0. The quantitative estimate of drug-likeness (QED) is 0.378. The van der Waals surface area contributed by atoms with E-state index in [2.05, 4.69) is 21.2 Å². The lowest BCUT2D eigenvalue weighted by atomic mass is 10.1. The van der Waals surface area contributed by atoms with Crippen LogP contribution < -0.4 is 5.32 Å². The SMILES string of the molecule is Cc1cc([N+](=O)[O-])ccc1NC(=O)CCCCBr. The number of amides is 1. The van der Waals surface area contributed by atoms with Crippen LogP contribution in [0.15, 0.2) is 18.2 Å². The van der Waals surface area contributed by atoms with E-state index in [1.54, 1.807) is 13.0 Å². The second-order valence-corrected chi connectivity index (χ2v) is 4.74. The topological polar surface area (TPSA) is 72.2 Å². The number of nitro groups is 1. The van der Waals surface area contributed by atoms with Gasteiger partial charge in [0.2, 0.25) is 5.91 Å². The molecule has 0 atom stereocenters. The first-order chi connectivity index (χ1) is 8.54. The molecule has 0 saturated carbocycles. The molecule has 1 amide bonds. The number of carbonyl (C=O) groups excluding carboxylic acids is 1. The molecule has 0 fully saturated rings. The van der Waals surface area contributed by atoms with Crippen LogP contribution in [0, 0.1) is 17.0 Å². The van der Waals surface area contributed by atoms with Crippen LogP contribution in [0.2, 0.25) is 0 Å². The summed E-state index contributed by atoms with van der Waals surface area (Å²) in [6.45, 7) is 1.74. The molecule has 0 aliphatic heterocycles. The molecule has 0 aliphatic rings. The van der Waals surface area contributed by atoms with Crippen molar-refractivity contribution < 1.29 is 9.72 Å². The number of rotatable bonds is 6. The van der Waals surface area contributed by atoms with Gasteiger partial charge in [0.1, 0.15) is 0 Å². The molecule has 6 heteroatoms. The zero-order valence-electron chi connectivity index (χ0n) is 10.1. The normalized spacial score (nSPS) is 10.1. The Kier molecular flexibility index (Phi) is 5.77. The van der Waals surface area contributed by atoms with E-state index in [0.29, 0.717) is 17.7 Å². The second kappa shape index (κ2) is 7.10. The predicted octanol–water partition coefficient (Wildman–Crippen LogP) is 3.41. The van der Waals surface area contributed by atoms with E-state index in [1.165, 1.54) is 12.1 Å². The molecule has 1 aromatic rings. The Bertz CT molecular complexity index is 449. The Morgan fingerprint density at radius 2 is 2.17 bits per heavy atom. The van der Waals surface area contributed by atoms with Crippen LogP contribution in [-0.2, 0) is 4.79 Å². The van der Waals surface area contributed by atoms with Crippen molar-refractivity contribution in [3.05, 3.63) is 33.9 Å². The number of nitro benzene ring substituents is 1. The number of non-ortho nitro benzene ring substituents is 1. The Labute approximate surface area is 114 Å². The first-order valence-electron chi connectivity index (χ1n) is 5.65. The van der Waals surface area contributed by atoms with Crippen LogP contribution in [0.1, 0.15) is 24.8 Å². The number of carbonyl (C=O) groups is 1. The van der Waals surface area contributed by atoms with Gasteiger partial charge in [-0.2, -0.15) is 0 Å². The number of hydrogen-bond donors (Lipinski definition) is 1. The van der Waals surface area contributed by atoms with Gasteiger partial charge in [-0.25, -0.2) is 0 Å². The summed E-state index contributed by atoms with van der Waals surface area (Å²) in [6, 6.07) is 4.41. The number of nitrogens with one attached hydrogen (secondary N) is 1. The molecule has 1 rings (SSSR count). The van der Waals surface area contributed by atoms with Crippen LogP contribution in [0.25, 0.3) is 0 Å². The molecule has 0 aromatic heterocycles. The number of benzene rings is 1. The third-order valence-electron chi connectivity index (χ3n) is 2.48. The molecule has 98 valence electrons. The molecule has 1 N–H and O–H groups in total. The minimum absolute atomic E-state index is 0.0322. The number of halogens is 1. The third-order valence-corrected chi connectivity index (χ3v) is 3.04. The Balaban J connectivity index is 2.62. The predicted molar refractivity (Wildman–Crippen MR) is 74.1 cm³/mol. The molecule has 0 heterocycles. The molecule has 0 radical (unpaired) electrons. The molecule has 0 aliphatic carbocycles. The van der Waals surface area contributed by atoms with Crippen LogP contribution in [0.3, 0.4) is 0 Å². The van der Waals surface area contributed by atoms with Gasteiger partial charge >= 0.3 is 0 Å². The third kappa shape index (κ3) is 4.44. The van der Waals surface area contributed by atoms with E-state index in [9.17, 15) is 14.9 Å². The Hall–Kier alpha value is -1.43. The highest BCUT2D eigenvalue weighted by Gasteiger charge is 2.09. The average Bonchev–Trinajstić information content (AvgIpc) is 2.32. The van der Waals surface area contributed by atoms with Gasteiger partial charge in [-0.05, 0) is 31.4 Å². The van der Waals surface area contributed by atoms with Crippen molar-refractivity contribution in [3.8, 4) is 0 Å². The van der Waals surface area contributed by atoms with Crippen molar-refractivity contribution in [2.75, 3.05) is 10.6 Å². The lowest BCUT2D eigenvalue weighted by molar-refractivity contribution is -0.384. The minimum Gasteiger partial charge on any atom is -0.326 e. The fraction of sp³-hybridized carbons (Fsp3) is 0.417. The average molecular weight is 315 g/mol. The summed E-state index contributed by atoms with van der Waals surface area (Å²) in [5.41, 5.74) is 1.35. The second-order valence-electron chi connectivity index (χ2n) is 3.95. The van der Waals surface area contributed by atoms with Crippen LogP contribution in [0.5, 0.6) is 0 Å². The van der Waals surface area contributed by atoms with Crippen molar-refractivity contribution in [1.29, 1.82) is 0 Å². The minimum atomic E-state index is -0.450. The summed E-state index contributed by atoms with van der Waals surface area (Å²) in [4.78, 5) is 21.7. The zero-order chi connectivity index (χ0) is 13.5. The summed E-state index contributed by atoms with van der Waals surface area (Å²) in [7, 11) is 0. The van der Waals surface area contributed by atoms with E-state index in [0.717, 1.165) is 18.2 Å². The largest absolute Gasteiger partial charge is 0.326 e. The molecule has 0 unspecified atom stereocenters. The highest BCUT2D eigenvalue weighted by Crippen LogP contribution is 2.21. The van der Waals surface area contributed by atoms with Gasteiger partial charge in [0, 0.05) is 29.6 Å². The van der Waals surface area contributed by atoms with Crippen molar-refractivity contribution >= 4 is 33.2 Å². The number of alkyl halides is 1. The van der Waals surface area contributed by atoms with Crippen molar-refractivity contribution in [1.82, 2.24) is 0 Å². The summed E-state index contributed by atoms with van der Waals surface area (Å²) in [5, 5.41) is 14.2. The van der Waals surface area contributed by atoms with Crippen molar-refractivity contribution in [3.63, 3.8) is 0 Å². The molecule has 5 nitrogen and oxygen atoms in total. The maximum atomic E-state index is 11.6. The van der Waals surface area contributed by atoms with E-state index in [4.69, 9.17) is 0 Å². The number of anilines is 1. The number of unbranched alkanes of at least 4 members (excludes halogenated alkanes) is 1. The van der Waals surface area contributed by atoms with Crippen molar-refractivity contribution in [2.24, 2.45) is 0 Å². The Morgan fingerprint density at radius 3 is 2.72 bits per heavy atom. The zero-order valence-corrected chi connectivity index (χ0v) is 11.7. The monoisotopic (exact) mass is 314 g/mol. The molecule has 18 heavy (non-hydrogen) atoms. The first kappa shape index (κ1) is 14.6. The number of nitrogens with zero attached hydrogens (tertiary/aromatic N) is 1. The summed E-state index contributed by atoms with van der Waals surface area (Å²) in [6.07, 6.45) is 2.23.